The van der Waals surface area contributed by atoms with Gasteiger partial charge in [-0.2, -0.15) is 0 Å². The van der Waals surface area contributed by atoms with E-state index in [1.165, 1.54) is 0 Å². The highest BCUT2D eigenvalue weighted by Crippen LogP contribution is 2.06. The summed E-state index contributed by atoms with van der Waals surface area (Å²) in [5.74, 6) is -0.0161. The average Bonchev–Trinajstić information content (AvgIpc) is 2.27. The van der Waals surface area contributed by atoms with Crippen LogP contribution in [0.2, 0.25) is 0 Å². The topological polar surface area (TPSA) is 70.2 Å². The average molecular weight is 255 g/mol. The first-order chi connectivity index (χ1) is 8.38. The van der Waals surface area contributed by atoms with Crippen LogP contribution in [0, 0.1) is 0 Å². The van der Waals surface area contributed by atoms with Gasteiger partial charge in [0, 0.05) is 18.5 Å². The van der Waals surface area contributed by atoms with E-state index < -0.39 is 0 Å². The summed E-state index contributed by atoms with van der Waals surface area (Å²) < 4.78 is 0. The van der Waals surface area contributed by atoms with Crippen molar-refractivity contribution in [2.24, 2.45) is 0 Å². The van der Waals surface area contributed by atoms with E-state index in [9.17, 15) is 9.59 Å². The Bertz CT molecular complexity index is 291. The van der Waals surface area contributed by atoms with E-state index in [0.717, 1.165) is 25.8 Å². The number of hydrogen-bond acceptors (Lipinski definition) is 3. The van der Waals surface area contributed by atoms with Gasteiger partial charge in [0.2, 0.25) is 11.8 Å². The van der Waals surface area contributed by atoms with Gasteiger partial charge in [0.1, 0.15) is 0 Å². The standard InChI is InChI=1S/C13H25N3O2/c1-13(2,3)16-11(17)7-9-15-12(18)10-6-4-5-8-14-10/h10,14H,4-9H2,1-3H3,(H,15,18)(H,16,17). The van der Waals surface area contributed by atoms with Crippen molar-refractivity contribution in [3.8, 4) is 0 Å². The molecule has 0 aromatic carbocycles. The molecule has 104 valence electrons. The van der Waals surface area contributed by atoms with Gasteiger partial charge in [0.05, 0.1) is 6.04 Å². The highest BCUT2D eigenvalue weighted by atomic mass is 16.2. The zero-order valence-corrected chi connectivity index (χ0v) is 11.6. The van der Waals surface area contributed by atoms with E-state index in [1.807, 2.05) is 20.8 Å². The third-order valence-corrected chi connectivity index (χ3v) is 2.79. The molecule has 1 saturated heterocycles. The largest absolute Gasteiger partial charge is 0.354 e. The molecule has 0 radical (unpaired) electrons. The van der Waals surface area contributed by atoms with Gasteiger partial charge in [-0.25, -0.2) is 0 Å². The zero-order valence-electron chi connectivity index (χ0n) is 11.6. The van der Waals surface area contributed by atoms with Crippen LogP contribution in [0.1, 0.15) is 46.5 Å². The second-order valence-electron chi connectivity index (χ2n) is 5.84. The van der Waals surface area contributed by atoms with Gasteiger partial charge in [-0.05, 0) is 40.2 Å². The first-order valence-corrected chi connectivity index (χ1v) is 6.70. The van der Waals surface area contributed by atoms with Crippen LogP contribution < -0.4 is 16.0 Å². The van der Waals surface area contributed by atoms with Crippen molar-refractivity contribution >= 4 is 11.8 Å². The van der Waals surface area contributed by atoms with Crippen LogP contribution in [0.4, 0.5) is 0 Å². The fourth-order valence-electron chi connectivity index (χ4n) is 1.98. The summed E-state index contributed by atoms with van der Waals surface area (Å²) in [6.07, 6.45) is 3.45. The van der Waals surface area contributed by atoms with E-state index in [-0.39, 0.29) is 23.4 Å². The molecule has 18 heavy (non-hydrogen) atoms. The lowest BCUT2D eigenvalue weighted by atomic mass is 10.0. The van der Waals surface area contributed by atoms with E-state index >= 15 is 0 Å². The predicted octanol–water partition coefficient (Wildman–Crippen LogP) is 0.550. The van der Waals surface area contributed by atoms with E-state index in [2.05, 4.69) is 16.0 Å². The van der Waals surface area contributed by atoms with Gasteiger partial charge in [-0.15, -0.1) is 0 Å². The molecule has 1 heterocycles. The molecular weight excluding hydrogens is 230 g/mol. The van der Waals surface area contributed by atoms with Crippen molar-refractivity contribution < 1.29 is 9.59 Å². The quantitative estimate of drug-likeness (QED) is 0.687. The van der Waals surface area contributed by atoms with E-state index in [0.29, 0.717) is 13.0 Å². The Morgan fingerprint density at radius 1 is 1.28 bits per heavy atom. The van der Waals surface area contributed by atoms with Gasteiger partial charge in [-0.3, -0.25) is 9.59 Å². The van der Waals surface area contributed by atoms with Crippen LogP contribution in [-0.4, -0.2) is 36.5 Å². The highest BCUT2D eigenvalue weighted by molar-refractivity contribution is 5.83. The second-order valence-corrected chi connectivity index (χ2v) is 5.84. The Balaban J connectivity index is 2.17. The van der Waals surface area contributed by atoms with Crippen molar-refractivity contribution in [1.29, 1.82) is 0 Å². The minimum Gasteiger partial charge on any atom is -0.354 e. The Morgan fingerprint density at radius 3 is 2.56 bits per heavy atom. The van der Waals surface area contributed by atoms with E-state index in [4.69, 9.17) is 0 Å². The molecule has 0 spiro atoms. The third kappa shape index (κ3) is 6.00. The smallest absolute Gasteiger partial charge is 0.237 e. The zero-order chi connectivity index (χ0) is 13.6. The second kappa shape index (κ2) is 6.73. The molecule has 3 N–H and O–H groups in total. The lowest BCUT2D eigenvalue weighted by molar-refractivity contribution is -0.124. The van der Waals surface area contributed by atoms with Crippen molar-refractivity contribution in [1.82, 2.24) is 16.0 Å². The first-order valence-electron chi connectivity index (χ1n) is 6.70. The van der Waals surface area contributed by atoms with Gasteiger partial charge in [0.25, 0.3) is 0 Å². The number of carbonyl (C=O) groups is 2. The minimum absolute atomic E-state index is 0.0123. The molecule has 0 saturated carbocycles. The summed E-state index contributed by atoms with van der Waals surface area (Å²) in [5, 5.41) is 8.86. The lowest BCUT2D eigenvalue weighted by Crippen LogP contribution is -2.47. The van der Waals surface area contributed by atoms with Crippen LogP contribution in [0.3, 0.4) is 0 Å². The van der Waals surface area contributed by atoms with Crippen LogP contribution in [0.25, 0.3) is 0 Å². The Hall–Kier alpha value is -1.10. The number of rotatable bonds is 4. The maximum Gasteiger partial charge on any atom is 0.237 e. The molecule has 1 rings (SSSR count). The number of nitrogens with one attached hydrogen (secondary N) is 3. The summed E-state index contributed by atoms with van der Waals surface area (Å²) in [5.41, 5.74) is -0.216. The molecule has 0 aliphatic carbocycles. The normalized spacial score (nSPS) is 20.3. The molecule has 0 aromatic rings. The van der Waals surface area contributed by atoms with Gasteiger partial charge >= 0.3 is 0 Å². The maximum atomic E-state index is 11.8. The first kappa shape index (κ1) is 15.0. The molecule has 5 heteroatoms. The van der Waals surface area contributed by atoms with Gasteiger partial charge in [0.15, 0.2) is 0 Å². The number of amides is 2. The summed E-state index contributed by atoms with van der Waals surface area (Å²) in [4.78, 5) is 23.3. The Labute approximate surface area is 109 Å². The van der Waals surface area contributed by atoms with Crippen LogP contribution in [0.15, 0.2) is 0 Å². The maximum absolute atomic E-state index is 11.8. The molecule has 0 aromatic heterocycles. The highest BCUT2D eigenvalue weighted by Gasteiger charge is 2.20. The van der Waals surface area contributed by atoms with Crippen molar-refractivity contribution in [3.05, 3.63) is 0 Å². The number of piperidine rings is 1. The summed E-state index contributed by atoms with van der Waals surface area (Å²) in [7, 11) is 0. The van der Waals surface area contributed by atoms with Crippen molar-refractivity contribution in [3.63, 3.8) is 0 Å². The summed E-state index contributed by atoms with van der Waals surface area (Å²) in [6.45, 7) is 7.13. The molecule has 2 amide bonds. The molecule has 0 bridgehead atoms. The summed E-state index contributed by atoms with van der Waals surface area (Å²) >= 11 is 0. The Kier molecular flexibility index (Phi) is 5.59. The molecule has 1 aliphatic heterocycles. The van der Waals surface area contributed by atoms with Crippen LogP contribution in [0.5, 0.6) is 0 Å². The van der Waals surface area contributed by atoms with Crippen molar-refractivity contribution in [2.45, 2.75) is 58.0 Å². The summed E-state index contributed by atoms with van der Waals surface area (Å²) in [6, 6.07) is -0.0792. The van der Waals surface area contributed by atoms with Crippen molar-refractivity contribution in [2.75, 3.05) is 13.1 Å². The third-order valence-electron chi connectivity index (χ3n) is 2.79. The predicted molar refractivity (Wildman–Crippen MR) is 71.2 cm³/mol. The number of carbonyl (C=O) groups excluding carboxylic acids is 2. The van der Waals surface area contributed by atoms with E-state index in [1.54, 1.807) is 0 Å². The molecule has 1 aliphatic rings. The number of hydrogen-bond donors (Lipinski definition) is 3. The molecular formula is C13H25N3O2. The lowest BCUT2D eigenvalue weighted by Gasteiger charge is -2.23. The SMILES string of the molecule is CC(C)(C)NC(=O)CCNC(=O)C1CCCCN1. The van der Waals surface area contributed by atoms with Gasteiger partial charge < -0.3 is 16.0 Å². The molecule has 1 unspecified atom stereocenters. The molecule has 1 atom stereocenters. The van der Waals surface area contributed by atoms with Crippen LogP contribution in [-0.2, 0) is 9.59 Å². The fraction of sp³-hybridized carbons (Fsp3) is 0.846. The Morgan fingerprint density at radius 2 is 2.00 bits per heavy atom. The monoisotopic (exact) mass is 255 g/mol. The van der Waals surface area contributed by atoms with Gasteiger partial charge in [-0.1, -0.05) is 6.42 Å². The van der Waals surface area contributed by atoms with Crippen LogP contribution >= 0.6 is 0 Å². The minimum atomic E-state index is -0.216. The molecule has 5 nitrogen and oxygen atoms in total. The molecule has 1 fully saturated rings. The fourth-order valence-corrected chi connectivity index (χ4v) is 1.98.